The van der Waals surface area contributed by atoms with E-state index in [1.54, 1.807) is 15.3 Å². The summed E-state index contributed by atoms with van der Waals surface area (Å²) in [5.41, 5.74) is 5.11. The minimum absolute atomic E-state index is 0.0262. The van der Waals surface area contributed by atoms with Gasteiger partial charge < -0.3 is 25.8 Å². The Morgan fingerprint density at radius 3 is 2.92 bits per heavy atom. The minimum Gasteiger partial charge on any atom is -0.543 e. The first-order valence-corrected chi connectivity index (χ1v) is 13.6. The molecular weight excluding hydrogens is 577 g/mol. The fourth-order valence-electron chi connectivity index (χ4n) is 4.21. The lowest BCUT2D eigenvalue weighted by atomic mass is 10.0. The topological polar surface area (TPSA) is 201 Å². The first kappa shape index (κ1) is 26.5. The van der Waals surface area contributed by atoms with Crippen LogP contribution in [0.2, 0.25) is 0 Å². The third-order valence-corrected chi connectivity index (χ3v) is 8.63. The average Bonchev–Trinajstić information content (AvgIpc) is 3.57. The first-order valence-electron chi connectivity index (χ1n) is 11.0. The number of aryl methyl sites for hydroxylation is 1. The van der Waals surface area contributed by atoms with Gasteiger partial charge in [0, 0.05) is 27.7 Å². The number of thiazole rings is 1. The Balaban J connectivity index is 1.39. The van der Waals surface area contributed by atoms with Gasteiger partial charge in [-0.2, -0.15) is 13.8 Å². The lowest BCUT2D eigenvalue weighted by molar-refractivity contribution is -0.508. The second-order valence-corrected chi connectivity index (χ2v) is 11.3. The molecule has 5 heterocycles. The van der Waals surface area contributed by atoms with Gasteiger partial charge in [0.1, 0.15) is 24.2 Å². The summed E-state index contributed by atoms with van der Waals surface area (Å²) in [5.74, 6) is -2.75. The third kappa shape index (κ3) is 4.79. The van der Waals surface area contributed by atoms with Crippen molar-refractivity contribution in [2.24, 2.45) is 5.16 Å². The van der Waals surface area contributed by atoms with Gasteiger partial charge >= 0.3 is 0 Å². The minimum atomic E-state index is -1.56. The summed E-state index contributed by atoms with van der Waals surface area (Å²) in [6, 6.07) is -1.12. The molecule has 19 heteroatoms. The van der Waals surface area contributed by atoms with Crippen molar-refractivity contribution in [3.8, 4) is 0 Å². The molecule has 5 rings (SSSR count). The molecule has 0 bridgehead atoms. The molecule has 4 N–H and O–H groups in total. The monoisotopic (exact) mass is 595 g/mol. The van der Waals surface area contributed by atoms with Gasteiger partial charge in [-0.05, 0) is 6.92 Å². The number of imidazole rings is 1. The number of halogens is 1. The fraction of sp³-hybridized carbons (Fsp3) is 0.300. The number of carboxylic acid groups (broad SMARTS) is 1. The molecule has 0 unspecified atom stereocenters. The number of alkyl halides is 1. The van der Waals surface area contributed by atoms with Crippen LogP contribution >= 0.6 is 34.6 Å². The average molecular weight is 596 g/mol. The maximum Gasteiger partial charge on any atom is 0.278 e. The van der Waals surface area contributed by atoms with E-state index in [9.17, 15) is 28.7 Å². The summed E-state index contributed by atoms with van der Waals surface area (Å²) in [5, 5.41) is 19.9. The van der Waals surface area contributed by atoms with Crippen molar-refractivity contribution in [1.82, 2.24) is 24.1 Å². The van der Waals surface area contributed by atoms with Crippen LogP contribution in [-0.2, 0) is 30.6 Å². The molecule has 3 aromatic heterocycles. The number of fused-ring (bicyclic) bond motifs is 2. The quantitative estimate of drug-likeness (QED) is 0.0802. The molecule has 3 aromatic rings. The van der Waals surface area contributed by atoms with E-state index in [1.807, 2.05) is 13.1 Å². The van der Waals surface area contributed by atoms with E-state index < -0.39 is 41.8 Å². The van der Waals surface area contributed by atoms with Crippen molar-refractivity contribution in [2.45, 2.75) is 24.9 Å². The maximum absolute atomic E-state index is 13.1. The van der Waals surface area contributed by atoms with Crippen LogP contribution < -0.4 is 25.9 Å². The molecule has 39 heavy (non-hydrogen) atoms. The van der Waals surface area contributed by atoms with Crippen molar-refractivity contribution in [2.75, 3.05) is 23.7 Å². The number of aliphatic carboxylic acids is 1. The van der Waals surface area contributed by atoms with Crippen LogP contribution in [0.25, 0.3) is 4.83 Å². The molecule has 2 aliphatic heterocycles. The van der Waals surface area contributed by atoms with Gasteiger partial charge in [-0.15, -0.1) is 11.8 Å². The van der Waals surface area contributed by atoms with Crippen molar-refractivity contribution < 1.29 is 37.9 Å². The van der Waals surface area contributed by atoms with E-state index in [1.165, 1.54) is 23.1 Å². The number of carbonyl (C=O) groups is 4. The van der Waals surface area contributed by atoms with Crippen LogP contribution in [0.3, 0.4) is 0 Å². The smallest absolute Gasteiger partial charge is 0.278 e. The van der Waals surface area contributed by atoms with Crippen molar-refractivity contribution in [1.29, 1.82) is 0 Å². The van der Waals surface area contributed by atoms with Crippen LogP contribution in [0.1, 0.15) is 10.7 Å². The number of hydrogen-bond acceptors (Lipinski definition) is 13. The lowest BCUT2D eigenvalue weighted by Gasteiger charge is -2.50. The largest absolute Gasteiger partial charge is 0.543 e. The molecule has 3 amide bonds. The van der Waals surface area contributed by atoms with Gasteiger partial charge in [0.2, 0.25) is 17.9 Å². The highest BCUT2D eigenvalue weighted by molar-refractivity contribution is 8.00. The number of oxime groups is 1. The Labute approximate surface area is 230 Å². The van der Waals surface area contributed by atoms with E-state index in [0.29, 0.717) is 17.8 Å². The number of amides is 3. The molecule has 1 saturated heterocycles. The summed E-state index contributed by atoms with van der Waals surface area (Å²) >= 11 is 3.45. The predicted molar refractivity (Wildman–Crippen MR) is 135 cm³/mol. The number of anilines is 2. The van der Waals surface area contributed by atoms with Crippen LogP contribution in [0, 0.1) is 6.92 Å². The van der Waals surface area contributed by atoms with Crippen LogP contribution in [-0.4, -0.2) is 72.8 Å². The summed E-state index contributed by atoms with van der Waals surface area (Å²) in [4.78, 5) is 60.3. The van der Waals surface area contributed by atoms with Crippen LogP contribution in [0.5, 0.6) is 0 Å². The highest BCUT2D eigenvalue weighted by atomic mass is 32.2. The SMILES string of the molecule is Cc1c[n+]2cn(CC3=C(C(=O)[O-])N4C(=O)[C@@H](NC(=O)/C(=N\OCF)c5nsc(N)n5)[C@H]4SC3)c(NC=O)c2s1. The number of nitrogens with one attached hydrogen (secondary N) is 2. The number of nitrogens with zero attached hydrogens (tertiary/aromatic N) is 6. The van der Waals surface area contributed by atoms with E-state index in [2.05, 4.69) is 30.0 Å². The Morgan fingerprint density at radius 2 is 2.26 bits per heavy atom. The predicted octanol–water partition coefficient (Wildman–Crippen LogP) is -1.65. The number of nitrogen functional groups attached to an aromatic ring is 1. The molecule has 2 atom stereocenters. The zero-order valence-electron chi connectivity index (χ0n) is 19.8. The molecule has 0 radical (unpaired) electrons. The molecule has 0 aromatic carbocycles. The molecule has 0 saturated carbocycles. The van der Waals surface area contributed by atoms with Crippen LogP contribution in [0.15, 0.2) is 29.0 Å². The standard InChI is InChI=1S/C20H18FN9O6S3/c1-8-2-29-7-28(14(23-6-31)18(29)38-8)3-9-4-37-17-11(16(33)30(17)12(9)19(34)35)24-15(32)10(26-36-5-21)13-25-20(22)39-27-13/h2,6-7,11,17H,3-5H2,1H3,(H4-,22,23,24,25,27,31,32,34,35)/b26-10-/t11-,17-/m1/s1. The van der Waals surface area contributed by atoms with Gasteiger partial charge in [0.05, 0.1) is 11.7 Å². The van der Waals surface area contributed by atoms with E-state index in [4.69, 9.17) is 5.73 Å². The molecule has 0 aliphatic carbocycles. The highest BCUT2D eigenvalue weighted by Gasteiger charge is 2.53. The van der Waals surface area contributed by atoms with E-state index >= 15 is 0 Å². The van der Waals surface area contributed by atoms with Gasteiger partial charge in [-0.3, -0.25) is 24.6 Å². The summed E-state index contributed by atoms with van der Waals surface area (Å²) < 4.78 is 19.8. The normalized spacial score (nSPS) is 19.1. The van der Waals surface area contributed by atoms with Crippen molar-refractivity contribution >= 4 is 80.3 Å². The number of nitrogens with two attached hydrogens (primary N) is 1. The van der Waals surface area contributed by atoms with Crippen molar-refractivity contribution in [3.05, 3.63) is 34.5 Å². The second kappa shape index (κ2) is 10.6. The summed E-state index contributed by atoms with van der Waals surface area (Å²) in [6.45, 7) is 0.647. The second-order valence-electron chi connectivity index (χ2n) is 8.14. The van der Waals surface area contributed by atoms with Gasteiger partial charge in [-0.25, -0.2) is 8.96 Å². The zero-order valence-corrected chi connectivity index (χ0v) is 22.3. The molecule has 1 fully saturated rings. The number of hydrogen-bond donors (Lipinski definition) is 3. The molecule has 204 valence electrons. The van der Waals surface area contributed by atoms with Crippen LogP contribution in [0.4, 0.5) is 15.3 Å². The Hall–Kier alpha value is -4.10. The number of carboxylic acids is 1. The third-order valence-electron chi connectivity index (χ3n) is 5.72. The van der Waals surface area contributed by atoms with Gasteiger partial charge in [0.25, 0.3) is 35.7 Å². The Bertz CT molecular complexity index is 1560. The molecule has 0 spiro atoms. The summed E-state index contributed by atoms with van der Waals surface area (Å²) in [7, 11) is 0. The van der Waals surface area contributed by atoms with E-state index in [-0.39, 0.29) is 29.0 Å². The zero-order chi connectivity index (χ0) is 27.8. The molecule has 2 aliphatic rings. The van der Waals surface area contributed by atoms with Gasteiger partial charge in [-0.1, -0.05) is 16.5 Å². The number of aromatic nitrogens is 4. The number of rotatable bonds is 10. The first-order chi connectivity index (χ1) is 18.7. The number of carbonyl (C=O) groups excluding carboxylic acids is 4. The lowest BCUT2D eigenvalue weighted by Crippen LogP contribution is -2.71. The number of thioether (sulfide) groups is 1. The fourth-order valence-corrected chi connectivity index (χ4v) is 6.93. The molecule has 15 nitrogen and oxygen atoms in total. The highest BCUT2D eigenvalue weighted by Crippen LogP contribution is 2.41. The Kier molecular flexibility index (Phi) is 7.19. The maximum atomic E-state index is 13.1. The molecular formula is C20H18FN9O6S3. The summed E-state index contributed by atoms with van der Waals surface area (Å²) in [6.07, 6.45) is 4.10. The van der Waals surface area contributed by atoms with E-state index in [0.717, 1.165) is 26.1 Å². The van der Waals surface area contributed by atoms with Crippen molar-refractivity contribution in [3.63, 3.8) is 0 Å². The number of β-lactam (4-membered cyclic amide) rings is 1. The van der Waals surface area contributed by atoms with Gasteiger partial charge in [0.15, 0.2) is 5.13 Å². The Morgan fingerprint density at radius 1 is 1.46 bits per heavy atom.